The molecule has 2 aromatic rings. The molecular weight excluding hydrogens is 475 g/mol. The van der Waals surface area contributed by atoms with E-state index >= 15 is 0 Å². The summed E-state index contributed by atoms with van der Waals surface area (Å²) in [7, 11) is -7.47. The van der Waals surface area contributed by atoms with Gasteiger partial charge in [0.25, 0.3) is 0 Å². The van der Waals surface area contributed by atoms with Crippen LogP contribution in [-0.4, -0.2) is 41.4 Å². The van der Waals surface area contributed by atoms with Crippen LogP contribution in [0.5, 0.6) is 5.75 Å². The Bertz CT molecular complexity index is 1130. The van der Waals surface area contributed by atoms with Crippen LogP contribution >= 0.6 is 0 Å². The van der Waals surface area contributed by atoms with Crippen molar-refractivity contribution in [3.8, 4) is 5.75 Å². The second-order valence-electron chi connectivity index (χ2n) is 6.30. The molecule has 0 bridgehead atoms. The molecule has 2 aromatic carbocycles. The first-order valence-electron chi connectivity index (χ1n) is 9.05. The van der Waals surface area contributed by atoms with Gasteiger partial charge in [0.2, 0.25) is 26.0 Å². The van der Waals surface area contributed by atoms with Crippen LogP contribution in [-0.2, 0) is 24.8 Å². The highest BCUT2D eigenvalue weighted by molar-refractivity contribution is 7.92. The molecule has 14 heteroatoms. The number of hydrogen-bond donors (Lipinski definition) is 3. The first kappa shape index (κ1) is 25.4. The second kappa shape index (κ2) is 10.2. The Morgan fingerprint density at radius 1 is 0.938 bits per heavy atom. The molecule has 176 valence electrons. The third-order valence-corrected chi connectivity index (χ3v) is 6.62. The standard InChI is InChI=1S/C18H20F3N3O6S2/c1-2-31(26,27)24-14-5-3-13(4-6-14)23-17(25)11-12-22-32(28,29)16-9-7-15(8-10-16)30-18(19,20)21/h3-10,22,24H,2,11-12H2,1H3,(H,23,25). The van der Waals surface area contributed by atoms with Crippen molar-refractivity contribution in [2.24, 2.45) is 0 Å². The Labute approximate surface area is 183 Å². The van der Waals surface area contributed by atoms with Crippen LogP contribution in [0.15, 0.2) is 53.4 Å². The fourth-order valence-corrected chi connectivity index (χ4v) is 3.97. The Morgan fingerprint density at radius 3 is 2.03 bits per heavy atom. The minimum atomic E-state index is -4.89. The van der Waals surface area contributed by atoms with Crippen molar-refractivity contribution < 1.29 is 39.5 Å². The van der Waals surface area contributed by atoms with E-state index in [1.165, 1.54) is 31.2 Å². The molecule has 0 heterocycles. The van der Waals surface area contributed by atoms with E-state index in [4.69, 9.17) is 0 Å². The first-order chi connectivity index (χ1) is 14.8. The number of anilines is 2. The van der Waals surface area contributed by atoms with Gasteiger partial charge in [-0.2, -0.15) is 0 Å². The van der Waals surface area contributed by atoms with Crippen molar-refractivity contribution in [2.75, 3.05) is 22.3 Å². The predicted octanol–water partition coefficient (Wildman–Crippen LogP) is 2.65. The summed E-state index contributed by atoms with van der Waals surface area (Å²) in [5.41, 5.74) is 0.696. The Hall–Kier alpha value is -2.84. The van der Waals surface area contributed by atoms with Gasteiger partial charge in [-0.05, 0) is 55.5 Å². The van der Waals surface area contributed by atoms with E-state index in [2.05, 4.69) is 19.5 Å². The highest BCUT2D eigenvalue weighted by atomic mass is 32.2. The van der Waals surface area contributed by atoms with Gasteiger partial charge in [0.15, 0.2) is 0 Å². The van der Waals surface area contributed by atoms with Crippen LogP contribution in [0.4, 0.5) is 24.5 Å². The molecule has 0 aliphatic rings. The zero-order chi connectivity index (χ0) is 24.0. The summed E-state index contributed by atoms with van der Waals surface area (Å²) in [4.78, 5) is 11.7. The molecule has 0 spiro atoms. The fraction of sp³-hybridized carbons (Fsp3) is 0.278. The van der Waals surface area contributed by atoms with E-state index in [1.54, 1.807) is 0 Å². The van der Waals surface area contributed by atoms with Crippen molar-refractivity contribution in [3.05, 3.63) is 48.5 Å². The largest absolute Gasteiger partial charge is 0.573 e. The summed E-state index contributed by atoms with van der Waals surface area (Å²) in [6.45, 7) is 1.23. The van der Waals surface area contributed by atoms with Crippen molar-refractivity contribution in [1.29, 1.82) is 0 Å². The molecule has 0 aliphatic carbocycles. The molecule has 0 aliphatic heterocycles. The van der Waals surface area contributed by atoms with Gasteiger partial charge in [-0.3, -0.25) is 9.52 Å². The van der Waals surface area contributed by atoms with Crippen molar-refractivity contribution in [3.63, 3.8) is 0 Å². The van der Waals surface area contributed by atoms with E-state index in [9.17, 15) is 34.8 Å². The smallest absolute Gasteiger partial charge is 0.406 e. The van der Waals surface area contributed by atoms with Crippen molar-refractivity contribution in [1.82, 2.24) is 4.72 Å². The Morgan fingerprint density at radius 2 is 1.50 bits per heavy atom. The quantitative estimate of drug-likeness (QED) is 0.465. The normalized spacial score (nSPS) is 12.2. The molecule has 0 saturated heterocycles. The van der Waals surface area contributed by atoms with E-state index in [1.807, 2.05) is 0 Å². The fourth-order valence-electron chi connectivity index (χ4n) is 2.30. The lowest BCUT2D eigenvalue weighted by Gasteiger charge is -2.10. The molecular formula is C18H20F3N3O6S2. The summed E-state index contributed by atoms with van der Waals surface area (Å²) < 4.78 is 92.1. The topological polar surface area (TPSA) is 131 Å². The van der Waals surface area contributed by atoms with Gasteiger partial charge in [0.1, 0.15) is 5.75 Å². The maximum atomic E-state index is 12.2. The van der Waals surface area contributed by atoms with E-state index < -0.39 is 38.1 Å². The van der Waals surface area contributed by atoms with Gasteiger partial charge in [0.05, 0.1) is 10.6 Å². The number of amides is 1. The number of carbonyl (C=O) groups excluding carboxylic acids is 1. The van der Waals surface area contributed by atoms with Gasteiger partial charge in [-0.25, -0.2) is 21.6 Å². The third kappa shape index (κ3) is 8.36. The van der Waals surface area contributed by atoms with Crippen molar-refractivity contribution >= 4 is 37.3 Å². The lowest BCUT2D eigenvalue weighted by Crippen LogP contribution is -2.27. The van der Waals surface area contributed by atoms with Crippen LogP contribution in [0.3, 0.4) is 0 Å². The van der Waals surface area contributed by atoms with Gasteiger partial charge in [-0.15, -0.1) is 13.2 Å². The summed E-state index contributed by atoms with van der Waals surface area (Å²) in [5, 5.41) is 2.53. The first-order valence-corrected chi connectivity index (χ1v) is 12.2. The van der Waals surface area contributed by atoms with Crippen LogP contribution in [0.2, 0.25) is 0 Å². The molecule has 3 N–H and O–H groups in total. The molecule has 32 heavy (non-hydrogen) atoms. The van der Waals surface area contributed by atoms with E-state index in [0.29, 0.717) is 11.4 Å². The van der Waals surface area contributed by atoms with Gasteiger partial charge < -0.3 is 10.1 Å². The molecule has 9 nitrogen and oxygen atoms in total. The number of alkyl halides is 3. The van der Waals surface area contributed by atoms with Crippen molar-refractivity contribution in [2.45, 2.75) is 24.6 Å². The molecule has 2 rings (SSSR count). The highest BCUT2D eigenvalue weighted by Gasteiger charge is 2.31. The van der Waals surface area contributed by atoms with Crippen LogP contribution in [0, 0.1) is 0 Å². The molecule has 0 unspecified atom stereocenters. The number of halogens is 3. The number of rotatable bonds is 10. The third-order valence-electron chi connectivity index (χ3n) is 3.83. The molecule has 0 radical (unpaired) electrons. The molecule has 0 saturated carbocycles. The highest BCUT2D eigenvalue weighted by Crippen LogP contribution is 2.23. The van der Waals surface area contributed by atoms with Crippen LogP contribution < -0.4 is 19.5 Å². The zero-order valence-corrected chi connectivity index (χ0v) is 18.3. The van der Waals surface area contributed by atoms with E-state index in [0.717, 1.165) is 24.3 Å². The number of hydrogen-bond acceptors (Lipinski definition) is 6. The number of sulfonamides is 2. The number of carbonyl (C=O) groups is 1. The summed E-state index contributed by atoms with van der Waals surface area (Å²) in [6, 6.07) is 9.46. The van der Waals surface area contributed by atoms with Crippen LogP contribution in [0.1, 0.15) is 13.3 Å². The summed E-state index contributed by atoms with van der Waals surface area (Å²) in [5.74, 6) is -1.17. The molecule has 0 atom stereocenters. The molecule has 0 aromatic heterocycles. The average Bonchev–Trinajstić information content (AvgIpc) is 2.68. The monoisotopic (exact) mass is 495 g/mol. The number of benzene rings is 2. The van der Waals surface area contributed by atoms with Gasteiger partial charge in [-0.1, -0.05) is 0 Å². The minimum Gasteiger partial charge on any atom is -0.406 e. The summed E-state index contributed by atoms with van der Waals surface area (Å²) in [6.07, 6.45) is -5.12. The van der Waals surface area contributed by atoms with E-state index in [-0.39, 0.29) is 23.6 Å². The maximum absolute atomic E-state index is 12.2. The second-order valence-corrected chi connectivity index (χ2v) is 10.1. The Kier molecular flexibility index (Phi) is 8.09. The average molecular weight is 496 g/mol. The lowest BCUT2D eigenvalue weighted by atomic mass is 10.3. The Balaban J connectivity index is 1.85. The minimum absolute atomic E-state index is 0.0904. The number of nitrogens with one attached hydrogen (secondary N) is 3. The lowest BCUT2D eigenvalue weighted by molar-refractivity contribution is -0.274. The zero-order valence-electron chi connectivity index (χ0n) is 16.6. The van der Waals surface area contributed by atoms with Gasteiger partial charge >= 0.3 is 6.36 Å². The molecule has 0 fully saturated rings. The van der Waals surface area contributed by atoms with Gasteiger partial charge in [0, 0.05) is 24.3 Å². The molecule has 1 amide bonds. The maximum Gasteiger partial charge on any atom is 0.573 e. The SMILES string of the molecule is CCS(=O)(=O)Nc1ccc(NC(=O)CCNS(=O)(=O)c2ccc(OC(F)(F)F)cc2)cc1. The van der Waals surface area contributed by atoms with Crippen LogP contribution in [0.25, 0.3) is 0 Å². The predicted molar refractivity (Wildman–Crippen MR) is 111 cm³/mol. The summed E-state index contributed by atoms with van der Waals surface area (Å²) >= 11 is 0. The number of ether oxygens (including phenoxy) is 1.